The number of aliphatic hydroxyl groups is 1. The van der Waals surface area contributed by atoms with Crippen LogP contribution in [0.5, 0.6) is 5.75 Å². The Hall–Kier alpha value is -2.94. The fourth-order valence-electron chi connectivity index (χ4n) is 5.34. The molecule has 3 amide bonds. The number of hydrogen-bond donors (Lipinski definition) is 3. The molecule has 2 fully saturated rings. The molecule has 0 aliphatic carbocycles. The van der Waals surface area contributed by atoms with E-state index in [4.69, 9.17) is 16.3 Å². The van der Waals surface area contributed by atoms with Gasteiger partial charge >= 0.3 is 0 Å². The first kappa shape index (κ1) is 20.9. The monoisotopic (exact) mass is 455 g/mol. The summed E-state index contributed by atoms with van der Waals surface area (Å²) in [6.45, 7) is 1.56. The van der Waals surface area contributed by atoms with Gasteiger partial charge in [0.25, 0.3) is 0 Å². The normalized spacial score (nSPS) is 29.3. The fraction of sp³-hybridized carbons (Fsp3) is 0.348. The highest BCUT2D eigenvalue weighted by atomic mass is 35.5. The standard InChI is InChI=1S/C23H22ClN3O5/c1-11(28)19-17-18(23(26-19)14-9-13(24)7-8-15(14)25-22(23)31)21(30)27(20(17)29)10-12-5-3-4-6-16(12)32-2/h3-9,11,17-19,26,28H,10H2,1-2H3,(H,25,31). The summed E-state index contributed by atoms with van der Waals surface area (Å²) >= 11 is 6.22. The Morgan fingerprint density at radius 3 is 2.66 bits per heavy atom. The number of imide groups is 1. The highest BCUT2D eigenvalue weighted by Crippen LogP contribution is 2.54. The first-order valence-electron chi connectivity index (χ1n) is 10.3. The first-order chi connectivity index (χ1) is 15.3. The van der Waals surface area contributed by atoms with E-state index in [0.29, 0.717) is 27.6 Å². The van der Waals surface area contributed by atoms with Crippen LogP contribution >= 0.6 is 11.6 Å². The summed E-state index contributed by atoms with van der Waals surface area (Å²) in [5, 5.41) is 16.8. The number of benzene rings is 2. The summed E-state index contributed by atoms with van der Waals surface area (Å²) < 4.78 is 5.37. The number of fused-ring (bicyclic) bond motifs is 4. The zero-order valence-electron chi connectivity index (χ0n) is 17.5. The van der Waals surface area contributed by atoms with Gasteiger partial charge in [-0.3, -0.25) is 24.6 Å². The Balaban J connectivity index is 1.62. The summed E-state index contributed by atoms with van der Waals surface area (Å²) in [7, 11) is 1.52. The lowest BCUT2D eigenvalue weighted by molar-refractivity contribution is -0.143. The summed E-state index contributed by atoms with van der Waals surface area (Å²) in [6, 6.07) is 11.3. The highest BCUT2D eigenvalue weighted by molar-refractivity contribution is 6.31. The minimum Gasteiger partial charge on any atom is -0.496 e. The molecule has 5 atom stereocenters. The summed E-state index contributed by atoms with van der Waals surface area (Å²) in [6.07, 6.45) is -0.971. The number of hydrogen-bond acceptors (Lipinski definition) is 6. The number of aliphatic hydroxyl groups excluding tert-OH is 1. The van der Waals surface area contributed by atoms with E-state index in [1.54, 1.807) is 49.4 Å². The molecule has 0 saturated carbocycles. The molecule has 0 aromatic heterocycles. The highest BCUT2D eigenvalue weighted by Gasteiger charge is 2.71. The van der Waals surface area contributed by atoms with Gasteiger partial charge in [-0.25, -0.2) is 0 Å². The number of anilines is 1. The van der Waals surface area contributed by atoms with Crippen LogP contribution in [0.3, 0.4) is 0 Å². The Morgan fingerprint density at radius 2 is 1.94 bits per heavy atom. The predicted octanol–water partition coefficient (Wildman–Crippen LogP) is 1.65. The molecule has 32 heavy (non-hydrogen) atoms. The minimum absolute atomic E-state index is 0.0152. The van der Waals surface area contributed by atoms with Crippen molar-refractivity contribution >= 4 is 35.0 Å². The number of ether oxygens (including phenoxy) is 1. The van der Waals surface area contributed by atoms with Gasteiger partial charge in [0.15, 0.2) is 0 Å². The van der Waals surface area contributed by atoms with Crippen LogP contribution in [0.25, 0.3) is 0 Å². The number of nitrogens with one attached hydrogen (secondary N) is 2. The quantitative estimate of drug-likeness (QED) is 0.605. The second-order valence-corrected chi connectivity index (χ2v) is 8.88. The Bertz CT molecular complexity index is 1150. The predicted molar refractivity (Wildman–Crippen MR) is 116 cm³/mol. The van der Waals surface area contributed by atoms with Gasteiger partial charge in [0.1, 0.15) is 11.3 Å². The molecule has 2 aromatic carbocycles. The maximum Gasteiger partial charge on any atom is 0.250 e. The van der Waals surface area contributed by atoms with E-state index in [1.807, 2.05) is 0 Å². The molecule has 3 heterocycles. The van der Waals surface area contributed by atoms with Gasteiger partial charge in [-0.05, 0) is 31.2 Å². The van der Waals surface area contributed by atoms with Gasteiger partial charge in [0, 0.05) is 27.9 Å². The van der Waals surface area contributed by atoms with Gasteiger partial charge in [0.2, 0.25) is 17.7 Å². The van der Waals surface area contributed by atoms with Crippen LogP contribution in [0.2, 0.25) is 5.02 Å². The third-order valence-electron chi connectivity index (χ3n) is 6.74. The topological polar surface area (TPSA) is 108 Å². The third kappa shape index (κ3) is 2.73. The van der Waals surface area contributed by atoms with Crippen LogP contribution in [0.15, 0.2) is 42.5 Å². The number of methoxy groups -OCH3 is 1. The van der Waals surface area contributed by atoms with Crippen LogP contribution in [0.4, 0.5) is 5.69 Å². The lowest BCUT2D eigenvalue weighted by Gasteiger charge is -2.30. The number of rotatable bonds is 4. The maximum absolute atomic E-state index is 13.7. The molecule has 9 heteroatoms. The largest absolute Gasteiger partial charge is 0.496 e. The molecule has 5 rings (SSSR count). The van der Waals surface area contributed by atoms with Crippen LogP contribution in [0, 0.1) is 11.8 Å². The van der Waals surface area contributed by atoms with Crippen molar-refractivity contribution in [2.75, 3.05) is 12.4 Å². The third-order valence-corrected chi connectivity index (χ3v) is 6.98. The summed E-state index contributed by atoms with van der Waals surface area (Å²) in [4.78, 5) is 41.7. The van der Waals surface area contributed by atoms with Crippen molar-refractivity contribution in [2.45, 2.75) is 31.2 Å². The zero-order valence-corrected chi connectivity index (χ0v) is 18.2. The van der Waals surface area contributed by atoms with Crippen molar-refractivity contribution in [3.8, 4) is 5.75 Å². The molecule has 5 unspecified atom stereocenters. The Kier molecular flexibility index (Phi) is 4.77. The van der Waals surface area contributed by atoms with E-state index in [-0.39, 0.29) is 6.54 Å². The zero-order chi connectivity index (χ0) is 22.8. The summed E-state index contributed by atoms with van der Waals surface area (Å²) in [5.74, 6) is -2.68. The van der Waals surface area contributed by atoms with Crippen molar-refractivity contribution in [3.63, 3.8) is 0 Å². The van der Waals surface area contributed by atoms with Crippen LogP contribution in [-0.4, -0.2) is 47.0 Å². The number of carbonyl (C=O) groups excluding carboxylic acids is 3. The average molecular weight is 456 g/mol. The molecule has 3 aliphatic rings. The minimum atomic E-state index is -1.49. The lowest BCUT2D eigenvalue weighted by Crippen LogP contribution is -2.54. The Labute approximate surface area is 189 Å². The number of halogens is 1. The van der Waals surface area contributed by atoms with E-state index >= 15 is 0 Å². The van der Waals surface area contributed by atoms with Gasteiger partial charge in [-0.1, -0.05) is 29.8 Å². The van der Waals surface area contributed by atoms with E-state index in [1.165, 1.54) is 12.0 Å². The van der Waals surface area contributed by atoms with Crippen LogP contribution in [0.1, 0.15) is 18.1 Å². The molecule has 2 aromatic rings. The van der Waals surface area contributed by atoms with Gasteiger partial charge in [0.05, 0.1) is 31.6 Å². The molecule has 0 radical (unpaired) electrons. The number of likely N-dealkylation sites (tertiary alicyclic amines) is 1. The van der Waals surface area contributed by atoms with Crippen LogP contribution in [-0.2, 0) is 26.5 Å². The number of amides is 3. The molecule has 3 aliphatic heterocycles. The van der Waals surface area contributed by atoms with Crippen molar-refractivity contribution in [3.05, 3.63) is 58.6 Å². The Morgan fingerprint density at radius 1 is 1.19 bits per heavy atom. The maximum atomic E-state index is 13.7. The molecule has 3 N–H and O–H groups in total. The number of para-hydroxylation sites is 1. The number of nitrogens with zero attached hydrogens (tertiary/aromatic N) is 1. The van der Waals surface area contributed by atoms with E-state index in [9.17, 15) is 19.5 Å². The first-order valence-corrected chi connectivity index (χ1v) is 10.7. The second-order valence-electron chi connectivity index (χ2n) is 8.44. The molecular weight excluding hydrogens is 434 g/mol. The smallest absolute Gasteiger partial charge is 0.250 e. The molecule has 8 nitrogen and oxygen atoms in total. The van der Waals surface area contributed by atoms with Crippen molar-refractivity contribution in [1.29, 1.82) is 0 Å². The van der Waals surface area contributed by atoms with E-state index < -0.39 is 47.2 Å². The molecule has 1 spiro atoms. The van der Waals surface area contributed by atoms with Gasteiger partial charge < -0.3 is 15.2 Å². The van der Waals surface area contributed by atoms with Crippen molar-refractivity contribution in [2.24, 2.45) is 11.8 Å². The number of carbonyl (C=O) groups is 3. The van der Waals surface area contributed by atoms with Crippen molar-refractivity contribution < 1.29 is 24.2 Å². The summed E-state index contributed by atoms with van der Waals surface area (Å²) in [5.41, 5.74) is 0.217. The fourth-order valence-corrected chi connectivity index (χ4v) is 5.51. The average Bonchev–Trinajstić information content (AvgIpc) is 3.35. The molecule has 2 saturated heterocycles. The van der Waals surface area contributed by atoms with Gasteiger partial charge in [-0.2, -0.15) is 0 Å². The SMILES string of the molecule is COc1ccccc1CN1C(=O)C2C(C(C)O)NC3(C(=O)Nc4ccc(Cl)cc43)C2C1=O. The van der Waals surface area contributed by atoms with Crippen LogP contribution < -0.4 is 15.4 Å². The molecular formula is C23H22ClN3O5. The van der Waals surface area contributed by atoms with Crippen molar-refractivity contribution in [1.82, 2.24) is 10.2 Å². The van der Waals surface area contributed by atoms with E-state index in [0.717, 1.165) is 0 Å². The lowest BCUT2D eigenvalue weighted by atomic mass is 9.76. The molecule has 0 bridgehead atoms. The van der Waals surface area contributed by atoms with Gasteiger partial charge in [-0.15, -0.1) is 0 Å². The molecule has 166 valence electrons. The van der Waals surface area contributed by atoms with E-state index in [2.05, 4.69) is 10.6 Å². The second kappa shape index (κ2) is 7.30.